The summed E-state index contributed by atoms with van der Waals surface area (Å²) in [5.41, 5.74) is 3.15. The maximum absolute atomic E-state index is 13.5. The van der Waals surface area contributed by atoms with Crippen LogP contribution in [0.4, 0.5) is 4.39 Å². The van der Waals surface area contributed by atoms with Crippen LogP contribution >= 0.6 is 52.5 Å². The van der Waals surface area contributed by atoms with E-state index in [4.69, 9.17) is 4.74 Å². The summed E-state index contributed by atoms with van der Waals surface area (Å²) in [6.07, 6.45) is 2.10. The van der Waals surface area contributed by atoms with E-state index in [-0.39, 0.29) is 49.0 Å². The van der Waals surface area contributed by atoms with Gasteiger partial charge in [-0.3, -0.25) is 4.90 Å². The van der Waals surface area contributed by atoms with E-state index in [2.05, 4.69) is 37.3 Å². The van der Waals surface area contributed by atoms with Gasteiger partial charge in [-0.2, -0.15) is 0 Å². The highest BCUT2D eigenvalue weighted by atomic mass is 79.9. The third kappa shape index (κ3) is 6.45. The molecule has 2 aromatic carbocycles. The molecule has 5 rings (SSSR count). The molecule has 1 N–H and O–H groups in total. The number of benzene rings is 2. The highest BCUT2D eigenvalue weighted by molar-refractivity contribution is 9.10. The van der Waals surface area contributed by atoms with Gasteiger partial charge in [-0.25, -0.2) is 9.18 Å². The van der Waals surface area contributed by atoms with E-state index in [0.29, 0.717) is 28.4 Å². The van der Waals surface area contributed by atoms with Crippen LogP contribution in [0.25, 0.3) is 10.9 Å². The molecule has 1 aliphatic carbocycles. The molecule has 38 heavy (non-hydrogen) atoms. The van der Waals surface area contributed by atoms with Crippen LogP contribution < -0.4 is 0 Å². The number of likely N-dealkylation sites (N-methyl/N-ethyl adjacent to an activating group) is 1. The highest BCUT2D eigenvalue weighted by Crippen LogP contribution is 2.47. The van der Waals surface area contributed by atoms with Crippen molar-refractivity contribution in [2.75, 3.05) is 39.8 Å². The zero-order chi connectivity index (χ0) is 25.4. The molecule has 1 saturated heterocycles. The quantitative estimate of drug-likeness (QED) is 0.218. The Morgan fingerprint density at radius 2 is 1.82 bits per heavy atom. The molecule has 0 unspecified atom stereocenters. The van der Waals surface area contributed by atoms with Crippen molar-refractivity contribution in [1.29, 1.82) is 0 Å². The van der Waals surface area contributed by atoms with Gasteiger partial charge in [0.1, 0.15) is 11.6 Å². The number of carbonyl (C=O) groups excluding carboxylic acids is 1. The van der Waals surface area contributed by atoms with Gasteiger partial charge in [-0.05, 0) is 73.1 Å². The normalized spacial score (nSPS) is 16.2. The summed E-state index contributed by atoms with van der Waals surface area (Å²) in [6, 6.07) is 8.67. The number of halogens is 4. The summed E-state index contributed by atoms with van der Waals surface area (Å²) in [4.78, 5) is 19.0. The Kier molecular flexibility index (Phi) is 10.8. The third-order valence-electron chi connectivity index (χ3n) is 6.98. The highest BCUT2D eigenvalue weighted by Gasteiger charge is 2.35. The molecule has 1 aromatic heterocycles. The maximum Gasteiger partial charge on any atom is 0.340 e. The standard InChI is InChI=1S/C27H31BrFN3O3S.2ClH/c1-3-35-27(34)25-23(16-36-19-8-4-17(29)5-9-19)32(18-6-7-18)22-14-21(28)26(33)20(24(22)25)15-31-12-10-30(2)11-13-31;;/h4-5,8-9,14,18,33H,3,6-7,10-13,15-16H2,1-2H3;2*1H. The number of hydrogen-bond donors (Lipinski definition) is 1. The summed E-state index contributed by atoms with van der Waals surface area (Å²) in [7, 11) is 2.12. The minimum absolute atomic E-state index is 0. The topological polar surface area (TPSA) is 57.9 Å². The molecule has 2 fully saturated rings. The Bertz CT molecular complexity index is 1280. The number of carbonyl (C=O) groups is 1. The number of thioether (sulfide) groups is 1. The Balaban J connectivity index is 0.00000200. The van der Waals surface area contributed by atoms with E-state index in [9.17, 15) is 14.3 Å². The SMILES string of the molecule is CCOC(=O)c1c(CSc2ccc(F)cc2)n(C2CC2)c2cc(Br)c(O)c(CN3CCN(C)CC3)c12.Cl.Cl. The second-order valence-corrected chi connectivity index (χ2v) is 11.4. The van der Waals surface area contributed by atoms with Crippen molar-refractivity contribution < 1.29 is 19.0 Å². The predicted octanol–water partition coefficient (Wildman–Crippen LogP) is 6.64. The fourth-order valence-electron chi connectivity index (χ4n) is 4.94. The van der Waals surface area contributed by atoms with E-state index >= 15 is 0 Å². The lowest BCUT2D eigenvalue weighted by atomic mass is 10.0. The zero-order valence-corrected chi connectivity index (χ0v) is 25.4. The predicted molar refractivity (Wildman–Crippen MR) is 159 cm³/mol. The first-order valence-electron chi connectivity index (χ1n) is 12.4. The van der Waals surface area contributed by atoms with Crippen LogP contribution in [0.5, 0.6) is 5.75 Å². The van der Waals surface area contributed by atoms with Gasteiger partial charge in [-0.1, -0.05) is 0 Å². The third-order valence-corrected chi connectivity index (χ3v) is 8.61. The first-order valence-corrected chi connectivity index (χ1v) is 14.2. The lowest BCUT2D eigenvalue weighted by Crippen LogP contribution is -2.43. The Morgan fingerprint density at radius 1 is 1.16 bits per heavy atom. The van der Waals surface area contributed by atoms with Crippen LogP contribution in [-0.2, 0) is 17.0 Å². The van der Waals surface area contributed by atoms with Crippen LogP contribution in [0.3, 0.4) is 0 Å². The Morgan fingerprint density at radius 3 is 2.42 bits per heavy atom. The number of phenols is 1. The number of ether oxygens (including phenoxy) is 1. The molecule has 0 spiro atoms. The fourth-order valence-corrected chi connectivity index (χ4v) is 6.31. The number of rotatable bonds is 8. The Labute approximate surface area is 247 Å². The van der Waals surface area contributed by atoms with Gasteiger partial charge in [-0.15, -0.1) is 36.6 Å². The van der Waals surface area contributed by atoms with Crippen LogP contribution in [0.15, 0.2) is 39.7 Å². The van der Waals surface area contributed by atoms with Gasteiger partial charge in [0.2, 0.25) is 0 Å². The summed E-state index contributed by atoms with van der Waals surface area (Å²) >= 11 is 5.15. The maximum atomic E-state index is 13.5. The van der Waals surface area contributed by atoms with Gasteiger partial charge in [0.15, 0.2) is 0 Å². The molecule has 0 atom stereocenters. The number of piperazine rings is 1. The summed E-state index contributed by atoms with van der Waals surface area (Å²) < 4.78 is 21.9. The molecule has 0 radical (unpaired) electrons. The van der Waals surface area contributed by atoms with Gasteiger partial charge >= 0.3 is 5.97 Å². The van der Waals surface area contributed by atoms with Gasteiger partial charge in [0, 0.05) is 66.1 Å². The average Bonchev–Trinajstić information content (AvgIpc) is 3.65. The lowest BCUT2D eigenvalue weighted by Gasteiger charge is -2.32. The number of hydrogen-bond acceptors (Lipinski definition) is 6. The number of aromatic hydroxyl groups is 1. The van der Waals surface area contributed by atoms with Crippen LogP contribution in [0.2, 0.25) is 0 Å². The first-order chi connectivity index (χ1) is 17.4. The van der Waals surface area contributed by atoms with Crippen molar-refractivity contribution in [2.45, 2.75) is 43.0 Å². The molecule has 2 heterocycles. The molecule has 0 bridgehead atoms. The van der Waals surface area contributed by atoms with Crippen LogP contribution in [0.1, 0.15) is 47.4 Å². The molecule has 1 saturated carbocycles. The smallest absolute Gasteiger partial charge is 0.340 e. The number of aromatic nitrogens is 1. The molecular formula is C27H33BrCl2FN3O3S. The van der Waals surface area contributed by atoms with Crippen molar-refractivity contribution in [3.05, 3.63) is 57.4 Å². The second-order valence-electron chi connectivity index (χ2n) is 9.55. The number of phenolic OH excluding ortho intramolecular Hbond substituents is 1. The number of fused-ring (bicyclic) bond motifs is 1. The Hall–Kier alpha value is -1.49. The fraction of sp³-hybridized carbons (Fsp3) is 0.444. The summed E-state index contributed by atoms with van der Waals surface area (Å²) in [5, 5.41) is 12.0. The molecule has 208 valence electrons. The molecule has 2 aliphatic rings. The number of esters is 1. The van der Waals surface area contributed by atoms with Crippen molar-refractivity contribution in [2.24, 2.45) is 0 Å². The molecule has 1 aliphatic heterocycles. The monoisotopic (exact) mass is 647 g/mol. The van der Waals surface area contributed by atoms with E-state index in [1.807, 2.05) is 13.0 Å². The largest absolute Gasteiger partial charge is 0.506 e. The van der Waals surface area contributed by atoms with Crippen molar-refractivity contribution in [1.82, 2.24) is 14.4 Å². The minimum atomic E-state index is -0.363. The minimum Gasteiger partial charge on any atom is -0.506 e. The zero-order valence-electron chi connectivity index (χ0n) is 21.4. The van der Waals surface area contributed by atoms with Gasteiger partial charge < -0.3 is 19.3 Å². The van der Waals surface area contributed by atoms with Crippen LogP contribution in [-0.4, -0.2) is 65.3 Å². The summed E-state index contributed by atoms with van der Waals surface area (Å²) in [5.74, 6) is 0.0836. The van der Waals surface area contributed by atoms with Crippen molar-refractivity contribution in [3.63, 3.8) is 0 Å². The number of nitrogens with zero attached hydrogens (tertiary/aromatic N) is 3. The summed E-state index contributed by atoms with van der Waals surface area (Å²) in [6.45, 7) is 6.36. The van der Waals surface area contributed by atoms with Gasteiger partial charge in [0.05, 0.1) is 22.2 Å². The van der Waals surface area contributed by atoms with E-state index in [1.54, 1.807) is 23.9 Å². The molecular weight excluding hydrogens is 616 g/mol. The van der Waals surface area contributed by atoms with Crippen molar-refractivity contribution in [3.8, 4) is 5.75 Å². The first kappa shape index (κ1) is 31.0. The van der Waals surface area contributed by atoms with Crippen LogP contribution in [0, 0.1) is 5.82 Å². The molecule has 3 aromatic rings. The molecule has 6 nitrogen and oxygen atoms in total. The van der Waals surface area contributed by atoms with E-state index in [0.717, 1.165) is 66.1 Å². The molecule has 11 heteroatoms. The average molecular weight is 649 g/mol. The van der Waals surface area contributed by atoms with E-state index in [1.165, 1.54) is 12.1 Å². The van der Waals surface area contributed by atoms with Crippen molar-refractivity contribution >= 4 is 69.4 Å². The molecule has 0 amide bonds. The van der Waals surface area contributed by atoms with Gasteiger partial charge in [0.25, 0.3) is 0 Å². The second kappa shape index (κ2) is 13.2. The van der Waals surface area contributed by atoms with E-state index < -0.39 is 0 Å². The lowest BCUT2D eigenvalue weighted by molar-refractivity contribution is 0.0527.